The SMILES string of the molecule is Cc1cccc(-c2nc3c(c(=O)[nH]2)CN(C(=O)c2cccc(Cl)c2)CC3)c1. The standard InChI is InChI=1S/C21H18ClN3O2/c1-13-4-2-5-14(10-13)19-23-18-8-9-25(12-17(18)20(26)24-19)21(27)15-6-3-7-16(22)11-15/h2-7,10-11H,8-9,12H2,1H3,(H,23,24,26). The number of rotatable bonds is 2. The van der Waals surface area contributed by atoms with Crippen LogP contribution >= 0.6 is 11.6 Å². The minimum absolute atomic E-state index is 0.134. The number of aromatic nitrogens is 2. The summed E-state index contributed by atoms with van der Waals surface area (Å²) in [4.78, 5) is 34.6. The van der Waals surface area contributed by atoms with Crippen molar-refractivity contribution in [1.29, 1.82) is 0 Å². The molecule has 5 nitrogen and oxygen atoms in total. The molecule has 6 heteroatoms. The number of aromatic amines is 1. The van der Waals surface area contributed by atoms with Gasteiger partial charge in [0.25, 0.3) is 11.5 Å². The summed E-state index contributed by atoms with van der Waals surface area (Å²) < 4.78 is 0. The van der Waals surface area contributed by atoms with Crippen molar-refractivity contribution in [3.63, 3.8) is 0 Å². The number of H-pyrrole nitrogens is 1. The van der Waals surface area contributed by atoms with Gasteiger partial charge in [-0.2, -0.15) is 0 Å². The molecule has 1 aliphatic heterocycles. The van der Waals surface area contributed by atoms with E-state index in [4.69, 9.17) is 11.6 Å². The van der Waals surface area contributed by atoms with Crippen LogP contribution in [0.2, 0.25) is 5.02 Å². The van der Waals surface area contributed by atoms with E-state index >= 15 is 0 Å². The monoisotopic (exact) mass is 379 g/mol. The summed E-state index contributed by atoms with van der Waals surface area (Å²) in [5.74, 6) is 0.433. The van der Waals surface area contributed by atoms with Crippen LogP contribution in [0, 0.1) is 6.92 Å². The number of carbonyl (C=O) groups excluding carboxylic acids is 1. The molecule has 136 valence electrons. The first kappa shape index (κ1) is 17.5. The largest absolute Gasteiger partial charge is 0.334 e. The third-order valence-electron chi connectivity index (χ3n) is 4.72. The molecule has 0 radical (unpaired) electrons. The summed E-state index contributed by atoms with van der Waals surface area (Å²) in [6, 6.07) is 14.7. The number of carbonyl (C=O) groups is 1. The van der Waals surface area contributed by atoms with Crippen LogP contribution in [0.5, 0.6) is 0 Å². The topological polar surface area (TPSA) is 66.1 Å². The summed E-state index contributed by atoms with van der Waals surface area (Å²) in [6.07, 6.45) is 0.546. The smallest absolute Gasteiger partial charge is 0.256 e. The summed E-state index contributed by atoms with van der Waals surface area (Å²) in [6.45, 7) is 2.76. The minimum Gasteiger partial charge on any atom is -0.334 e. The fourth-order valence-electron chi connectivity index (χ4n) is 3.33. The predicted octanol–water partition coefficient (Wildman–Crippen LogP) is 3.60. The fourth-order valence-corrected chi connectivity index (χ4v) is 3.52. The lowest BCUT2D eigenvalue weighted by atomic mass is 10.0. The van der Waals surface area contributed by atoms with Gasteiger partial charge in [-0.3, -0.25) is 9.59 Å². The van der Waals surface area contributed by atoms with Gasteiger partial charge in [-0.15, -0.1) is 0 Å². The average molecular weight is 380 g/mol. The third kappa shape index (κ3) is 3.51. The molecule has 0 atom stereocenters. The first-order valence-electron chi connectivity index (χ1n) is 8.75. The van der Waals surface area contributed by atoms with E-state index in [1.165, 1.54) is 0 Å². The summed E-state index contributed by atoms with van der Waals surface area (Å²) >= 11 is 5.99. The van der Waals surface area contributed by atoms with Gasteiger partial charge in [-0.1, -0.05) is 41.4 Å². The highest BCUT2D eigenvalue weighted by atomic mass is 35.5. The molecule has 3 aromatic rings. The Kier molecular flexibility index (Phi) is 4.54. The van der Waals surface area contributed by atoms with Crippen LogP contribution in [0.25, 0.3) is 11.4 Å². The Morgan fingerprint density at radius 2 is 2.00 bits per heavy atom. The van der Waals surface area contributed by atoms with Crippen LogP contribution in [-0.4, -0.2) is 27.3 Å². The van der Waals surface area contributed by atoms with Crippen molar-refractivity contribution in [1.82, 2.24) is 14.9 Å². The number of halogens is 1. The molecule has 0 bridgehead atoms. The fraction of sp³-hybridized carbons (Fsp3) is 0.190. The summed E-state index contributed by atoms with van der Waals surface area (Å²) in [5, 5.41) is 0.514. The molecule has 0 unspecified atom stereocenters. The molecule has 1 aliphatic rings. The van der Waals surface area contributed by atoms with Gasteiger partial charge in [0, 0.05) is 29.1 Å². The van der Waals surface area contributed by atoms with Crippen LogP contribution in [0.3, 0.4) is 0 Å². The van der Waals surface area contributed by atoms with Gasteiger partial charge in [0.1, 0.15) is 5.82 Å². The van der Waals surface area contributed by atoms with Crippen molar-refractivity contribution in [2.75, 3.05) is 6.54 Å². The van der Waals surface area contributed by atoms with Crippen LogP contribution in [0.1, 0.15) is 27.2 Å². The number of hydrogen-bond acceptors (Lipinski definition) is 3. The van der Waals surface area contributed by atoms with E-state index in [9.17, 15) is 9.59 Å². The molecule has 27 heavy (non-hydrogen) atoms. The lowest BCUT2D eigenvalue weighted by Crippen LogP contribution is -2.39. The van der Waals surface area contributed by atoms with Crippen molar-refractivity contribution in [2.24, 2.45) is 0 Å². The molecule has 0 aliphatic carbocycles. The highest BCUT2D eigenvalue weighted by Gasteiger charge is 2.25. The molecule has 2 aromatic carbocycles. The molecule has 0 saturated carbocycles. The highest BCUT2D eigenvalue weighted by Crippen LogP contribution is 2.21. The average Bonchev–Trinajstić information content (AvgIpc) is 2.67. The van der Waals surface area contributed by atoms with Crippen molar-refractivity contribution in [3.8, 4) is 11.4 Å². The van der Waals surface area contributed by atoms with Gasteiger partial charge in [0.05, 0.1) is 17.8 Å². The van der Waals surface area contributed by atoms with Crippen molar-refractivity contribution in [3.05, 3.63) is 86.3 Å². The van der Waals surface area contributed by atoms with E-state index < -0.39 is 0 Å². The van der Waals surface area contributed by atoms with Crippen LogP contribution < -0.4 is 5.56 Å². The van der Waals surface area contributed by atoms with Crippen LogP contribution in [0.15, 0.2) is 53.3 Å². The Labute approximate surface area is 161 Å². The van der Waals surface area contributed by atoms with Crippen molar-refractivity contribution >= 4 is 17.5 Å². The lowest BCUT2D eigenvalue weighted by molar-refractivity contribution is 0.0732. The first-order valence-corrected chi connectivity index (χ1v) is 9.13. The Balaban J connectivity index is 1.64. The van der Waals surface area contributed by atoms with E-state index in [-0.39, 0.29) is 18.0 Å². The van der Waals surface area contributed by atoms with Crippen molar-refractivity contribution < 1.29 is 4.79 Å². The van der Waals surface area contributed by atoms with E-state index in [2.05, 4.69) is 9.97 Å². The normalized spacial score (nSPS) is 13.3. The Bertz CT molecular complexity index is 1090. The second-order valence-corrected chi connectivity index (χ2v) is 7.13. The van der Waals surface area contributed by atoms with Gasteiger partial charge >= 0.3 is 0 Å². The zero-order chi connectivity index (χ0) is 19.0. The Hall–Kier alpha value is -2.92. The molecule has 0 fully saturated rings. The maximum absolute atomic E-state index is 12.7. The maximum Gasteiger partial charge on any atom is 0.256 e. The summed E-state index contributed by atoms with van der Waals surface area (Å²) in [5.41, 5.74) is 3.61. The Morgan fingerprint density at radius 1 is 1.19 bits per heavy atom. The van der Waals surface area contributed by atoms with Crippen molar-refractivity contribution in [2.45, 2.75) is 19.9 Å². The molecular weight excluding hydrogens is 362 g/mol. The molecule has 2 heterocycles. The van der Waals surface area contributed by atoms with E-state index in [0.717, 1.165) is 16.8 Å². The zero-order valence-corrected chi connectivity index (χ0v) is 15.6. The lowest BCUT2D eigenvalue weighted by Gasteiger charge is -2.28. The summed E-state index contributed by atoms with van der Waals surface area (Å²) in [7, 11) is 0. The predicted molar refractivity (Wildman–Crippen MR) is 105 cm³/mol. The number of nitrogens with zero attached hydrogens (tertiary/aromatic N) is 2. The van der Waals surface area contributed by atoms with E-state index in [0.29, 0.717) is 34.9 Å². The van der Waals surface area contributed by atoms with Crippen LogP contribution in [-0.2, 0) is 13.0 Å². The second kappa shape index (κ2) is 7.00. The minimum atomic E-state index is -0.194. The van der Waals surface area contributed by atoms with Gasteiger partial charge < -0.3 is 9.88 Å². The second-order valence-electron chi connectivity index (χ2n) is 6.70. The van der Waals surface area contributed by atoms with Gasteiger partial charge in [-0.05, 0) is 31.2 Å². The maximum atomic E-state index is 12.7. The molecule has 1 N–H and O–H groups in total. The number of hydrogen-bond donors (Lipinski definition) is 1. The van der Waals surface area contributed by atoms with Gasteiger partial charge in [0.15, 0.2) is 0 Å². The number of aryl methyl sites for hydroxylation is 1. The Morgan fingerprint density at radius 3 is 2.78 bits per heavy atom. The molecule has 0 spiro atoms. The number of nitrogens with one attached hydrogen (secondary N) is 1. The molecular formula is C21H18ClN3O2. The third-order valence-corrected chi connectivity index (χ3v) is 4.95. The number of fused-ring (bicyclic) bond motifs is 1. The quantitative estimate of drug-likeness (QED) is 0.739. The molecule has 0 saturated heterocycles. The van der Waals surface area contributed by atoms with E-state index in [1.54, 1.807) is 29.2 Å². The number of amides is 1. The van der Waals surface area contributed by atoms with E-state index in [1.807, 2.05) is 31.2 Å². The van der Waals surface area contributed by atoms with Gasteiger partial charge in [0.2, 0.25) is 0 Å². The highest BCUT2D eigenvalue weighted by molar-refractivity contribution is 6.30. The van der Waals surface area contributed by atoms with Gasteiger partial charge in [-0.25, -0.2) is 4.98 Å². The number of benzene rings is 2. The molecule has 1 amide bonds. The molecule has 1 aromatic heterocycles. The van der Waals surface area contributed by atoms with Crippen LogP contribution in [0.4, 0.5) is 0 Å². The first-order chi connectivity index (χ1) is 13.0. The zero-order valence-electron chi connectivity index (χ0n) is 14.8. The molecule has 4 rings (SSSR count).